The second kappa shape index (κ2) is 2.34. The van der Waals surface area contributed by atoms with Crippen molar-refractivity contribution < 1.29 is 9.84 Å². The third-order valence-electron chi connectivity index (χ3n) is 1.56. The molecule has 50 valence electrons. The average molecular weight is 127 g/mol. The first kappa shape index (κ1) is 6.53. The van der Waals surface area contributed by atoms with E-state index in [0.29, 0.717) is 13.0 Å². The molecule has 1 aliphatic rings. The van der Waals surface area contributed by atoms with Crippen molar-refractivity contribution in [1.82, 2.24) is 0 Å². The zero-order chi connectivity index (χ0) is 6.74. The van der Waals surface area contributed by atoms with E-state index in [-0.39, 0.29) is 6.61 Å². The lowest BCUT2D eigenvalue weighted by Gasteiger charge is -2.14. The lowest BCUT2D eigenvalue weighted by Crippen LogP contribution is -2.29. The van der Waals surface area contributed by atoms with Gasteiger partial charge in [0.1, 0.15) is 6.07 Å². The number of aliphatic hydroxyl groups is 1. The second-order valence-electron chi connectivity index (χ2n) is 2.22. The van der Waals surface area contributed by atoms with Crippen LogP contribution in [0.3, 0.4) is 0 Å². The summed E-state index contributed by atoms with van der Waals surface area (Å²) in [4.78, 5) is 0. The molecule has 1 atom stereocenters. The van der Waals surface area contributed by atoms with Crippen molar-refractivity contribution in [1.29, 1.82) is 5.26 Å². The van der Waals surface area contributed by atoms with Crippen LogP contribution >= 0.6 is 0 Å². The zero-order valence-electron chi connectivity index (χ0n) is 5.13. The number of hydrogen-bond donors (Lipinski definition) is 1. The summed E-state index contributed by atoms with van der Waals surface area (Å²) in [5, 5.41) is 17.2. The van der Waals surface area contributed by atoms with Gasteiger partial charge in [-0.3, -0.25) is 0 Å². The van der Waals surface area contributed by atoms with Crippen LogP contribution in [0.25, 0.3) is 0 Å². The molecule has 1 rings (SSSR count). The van der Waals surface area contributed by atoms with E-state index in [1.807, 2.05) is 6.07 Å². The molecule has 1 fully saturated rings. The van der Waals surface area contributed by atoms with Gasteiger partial charge in [-0.1, -0.05) is 0 Å². The van der Waals surface area contributed by atoms with Gasteiger partial charge in [0.15, 0.2) is 5.60 Å². The minimum absolute atomic E-state index is 0.177. The first-order valence-electron chi connectivity index (χ1n) is 2.99. The molecule has 3 nitrogen and oxygen atoms in total. The maximum atomic E-state index is 8.67. The van der Waals surface area contributed by atoms with Crippen LogP contribution in [-0.4, -0.2) is 23.9 Å². The first-order valence-corrected chi connectivity index (χ1v) is 2.99. The highest BCUT2D eigenvalue weighted by atomic mass is 16.5. The molecule has 0 aromatic heterocycles. The second-order valence-corrected chi connectivity index (χ2v) is 2.22. The summed E-state index contributed by atoms with van der Waals surface area (Å²) in [7, 11) is 0. The molecular weight excluding hydrogens is 118 g/mol. The molecule has 0 aromatic carbocycles. The van der Waals surface area contributed by atoms with Crippen molar-refractivity contribution in [2.24, 2.45) is 0 Å². The van der Waals surface area contributed by atoms with Gasteiger partial charge >= 0.3 is 0 Å². The van der Waals surface area contributed by atoms with Crippen molar-refractivity contribution >= 4 is 0 Å². The minimum Gasteiger partial charge on any atom is -0.392 e. The van der Waals surface area contributed by atoms with Crippen LogP contribution in [0.15, 0.2) is 0 Å². The van der Waals surface area contributed by atoms with Crippen LogP contribution in [0.1, 0.15) is 12.8 Å². The topological polar surface area (TPSA) is 53.2 Å². The Bertz CT molecular complexity index is 132. The number of nitriles is 1. The number of hydrogen-bond acceptors (Lipinski definition) is 3. The van der Waals surface area contributed by atoms with Gasteiger partial charge in [0, 0.05) is 6.61 Å². The molecular formula is C6H9NO2. The van der Waals surface area contributed by atoms with Crippen LogP contribution in [0, 0.1) is 11.3 Å². The normalized spacial score (nSPS) is 34.2. The summed E-state index contributed by atoms with van der Waals surface area (Å²) in [5.74, 6) is 0. The van der Waals surface area contributed by atoms with Gasteiger partial charge in [-0.05, 0) is 12.8 Å². The highest BCUT2D eigenvalue weighted by molar-refractivity contribution is 5.03. The fraction of sp³-hybridized carbons (Fsp3) is 0.833. The van der Waals surface area contributed by atoms with Gasteiger partial charge in [-0.15, -0.1) is 0 Å². The summed E-state index contributed by atoms with van der Waals surface area (Å²) in [6.45, 7) is 0.428. The highest BCUT2D eigenvalue weighted by Crippen LogP contribution is 2.23. The van der Waals surface area contributed by atoms with Gasteiger partial charge in [0.2, 0.25) is 0 Å². The molecule has 0 spiro atoms. The third-order valence-corrected chi connectivity index (χ3v) is 1.56. The maximum Gasteiger partial charge on any atom is 0.177 e. The molecule has 1 aliphatic heterocycles. The van der Waals surface area contributed by atoms with Gasteiger partial charge in [0.05, 0.1) is 6.61 Å². The van der Waals surface area contributed by atoms with Crippen LogP contribution in [-0.2, 0) is 4.74 Å². The van der Waals surface area contributed by atoms with Gasteiger partial charge < -0.3 is 9.84 Å². The smallest absolute Gasteiger partial charge is 0.177 e. The highest BCUT2D eigenvalue weighted by Gasteiger charge is 2.34. The molecule has 0 radical (unpaired) electrons. The van der Waals surface area contributed by atoms with Crippen LogP contribution in [0.5, 0.6) is 0 Å². The van der Waals surface area contributed by atoms with E-state index in [1.54, 1.807) is 0 Å². The summed E-state index contributed by atoms with van der Waals surface area (Å²) in [6, 6.07) is 1.95. The van der Waals surface area contributed by atoms with Crippen molar-refractivity contribution in [3.8, 4) is 6.07 Å². The quantitative estimate of drug-likeness (QED) is 0.541. The molecule has 0 aromatic rings. The predicted molar refractivity (Wildman–Crippen MR) is 30.6 cm³/mol. The minimum atomic E-state index is -0.861. The van der Waals surface area contributed by atoms with E-state index in [0.717, 1.165) is 6.42 Å². The maximum absolute atomic E-state index is 8.67. The van der Waals surface area contributed by atoms with E-state index < -0.39 is 5.60 Å². The van der Waals surface area contributed by atoms with Gasteiger partial charge in [-0.2, -0.15) is 5.26 Å². The van der Waals surface area contributed by atoms with Crippen LogP contribution in [0.4, 0.5) is 0 Å². The largest absolute Gasteiger partial charge is 0.392 e. The fourth-order valence-electron chi connectivity index (χ4n) is 0.946. The third kappa shape index (κ3) is 1.04. The lowest BCUT2D eigenvalue weighted by atomic mass is 10.0. The Morgan fingerprint density at radius 3 is 2.78 bits per heavy atom. The van der Waals surface area contributed by atoms with Crippen molar-refractivity contribution in [2.45, 2.75) is 18.4 Å². The molecule has 0 aliphatic carbocycles. The number of nitrogens with zero attached hydrogens (tertiary/aromatic N) is 1. The summed E-state index contributed by atoms with van der Waals surface area (Å²) in [6.07, 6.45) is 1.55. The Morgan fingerprint density at radius 1 is 1.78 bits per heavy atom. The molecule has 1 N–H and O–H groups in total. The van der Waals surface area contributed by atoms with E-state index in [2.05, 4.69) is 0 Å². The number of rotatable bonds is 1. The summed E-state index contributed by atoms with van der Waals surface area (Å²) < 4.78 is 5.03. The molecule has 1 heterocycles. The molecule has 9 heavy (non-hydrogen) atoms. The molecule has 0 saturated carbocycles. The van der Waals surface area contributed by atoms with Crippen LogP contribution < -0.4 is 0 Å². The summed E-state index contributed by atoms with van der Waals surface area (Å²) >= 11 is 0. The Kier molecular flexibility index (Phi) is 1.70. The number of ether oxygens (including phenoxy) is 1. The standard InChI is InChI=1S/C6H9NO2/c7-4-6(5-8)2-1-3-9-6/h8H,1-3,5H2. The Hall–Kier alpha value is -0.590. The SMILES string of the molecule is N#CC1(CO)CCCO1. The van der Waals surface area contributed by atoms with Gasteiger partial charge in [-0.25, -0.2) is 0 Å². The molecule has 0 bridgehead atoms. The van der Waals surface area contributed by atoms with Crippen molar-refractivity contribution in [3.05, 3.63) is 0 Å². The lowest BCUT2D eigenvalue weighted by molar-refractivity contribution is 0.00484. The van der Waals surface area contributed by atoms with Crippen LogP contribution in [0.2, 0.25) is 0 Å². The summed E-state index contributed by atoms with van der Waals surface area (Å²) in [5.41, 5.74) is -0.861. The molecule has 3 heteroatoms. The van der Waals surface area contributed by atoms with Gasteiger partial charge in [0.25, 0.3) is 0 Å². The predicted octanol–water partition coefficient (Wildman–Crippen LogP) is 0.0515. The van der Waals surface area contributed by atoms with Crippen molar-refractivity contribution in [3.63, 3.8) is 0 Å². The first-order chi connectivity index (χ1) is 4.33. The van der Waals surface area contributed by atoms with E-state index in [9.17, 15) is 0 Å². The zero-order valence-corrected chi connectivity index (χ0v) is 5.13. The van der Waals surface area contributed by atoms with E-state index in [1.165, 1.54) is 0 Å². The molecule has 1 unspecified atom stereocenters. The fourth-order valence-corrected chi connectivity index (χ4v) is 0.946. The Balaban J connectivity index is 2.59. The molecule has 0 amide bonds. The Labute approximate surface area is 53.9 Å². The number of aliphatic hydroxyl groups excluding tert-OH is 1. The molecule has 1 saturated heterocycles. The average Bonchev–Trinajstić information content (AvgIpc) is 2.36. The van der Waals surface area contributed by atoms with E-state index in [4.69, 9.17) is 15.1 Å². The van der Waals surface area contributed by atoms with Crippen molar-refractivity contribution in [2.75, 3.05) is 13.2 Å². The Morgan fingerprint density at radius 2 is 2.56 bits per heavy atom. The van der Waals surface area contributed by atoms with E-state index >= 15 is 0 Å². The monoisotopic (exact) mass is 127 g/mol.